The van der Waals surface area contributed by atoms with Crippen molar-refractivity contribution in [3.63, 3.8) is 0 Å². The van der Waals surface area contributed by atoms with Crippen LogP contribution < -0.4 is 0 Å². The summed E-state index contributed by atoms with van der Waals surface area (Å²) in [5.74, 6) is -0.163. The number of nitrogens with zero attached hydrogens (tertiary/aromatic N) is 2. The van der Waals surface area contributed by atoms with Gasteiger partial charge in [-0.2, -0.15) is 0 Å². The molecule has 1 saturated carbocycles. The van der Waals surface area contributed by atoms with Crippen LogP contribution in [-0.2, 0) is 0 Å². The van der Waals surface area contributed by atoms with Gasteiger partial charge >= 0.3 is 0 Å². The zero-order valence-electron chi connectivity index (χ0n) is 11.1. The number of phenols is 2. The molecule has 0 atom stereocenters. The Kier molecular flexibility index (Phi) is 2.45. The van der Waals surface area contributed by atoms with Crippen LogP contribution in [0.5, 0.6) is 11.5 Å². The molecule has 2 aromatic carbocycles. The summed E-state index contributed by atoms with van der Waals surface area (Å²) >= 11 is 0. The third-order valence-corrected chi connectivity index (χ3v) is 3.82. The predicted octanol–water partition coefficient (Wildman–Crippen LogP) is 3.59. The van der Waals surface area contributed by atoms with Gasteiger partial charge in [0.2, 0.25) is 0 Å². The number of phenolic OH excluding ortho intramolecular Hbond substituents is 2. The van der Waals surface area contributed by atoms with Crippen molar-refractivity contribution in [2.45, 2.75) is 18.9 Å². The smallest absolute Gasteiger partial charge is 0.168 e. The van der Waals surface area contributed by atoms with E-state index in [1.54, 1.807) is 18.2 Å². The third-order valence-electron chi connectivity index (χ3n) is 3.82. The van der Waals surface area contributed by atoms with Crippen LogP contribution in [0.25, 0.3) is 22.4 Å². The minimum atomic E-state index is -0.338. The first-order valence-electron chi connectivity index (χ1n) is 6.84. The molecule has 0 spiro atoms. The monoisotopic (exact) mass is 284 g/mol. The Hall–Kier alpha value is -2.56. The SMILES string of the molecule is Oc1cccc(-c2nc3cc(F)ccc3n2C2CC2)c1O. The summed E-state index contributed by atoms with van der Waals surface area (Å²) in [6, 6.07) is 9.60. The van der Waals surface area contributed by atoms with Crippen molar-refractivity contribution >= 4 is 11.0 Å². The molecule has 2 N–H and O–H groups in total. The van der Waals surface area contributed by atoms with Crippen LogP contribution in [0.3, 0.4) is 0 Å². The van der Waals surface area contributed by atoms with E-state index in [0.29, 0.717) is 22.9 Å². The maximum absolute atomic E-state index is 13.4. The van der Waals surface area contributed by atoms with Gasteiger partial charge in [0.05, 0.1) is 16.6 Å². The summed E-state index contributed by atoms with van der Waals surface area (Å²) in [5.41, 5.74) is 1.86. The van der Waals surface area contributed by atoms with Crippen LogP contribution in [0.15, 0.2) is 36.4 Å². The van der Waals surface area contributed by atoms with E-state index in [4.69, 9.17) is 0 Å². The number of fused-ring (bicyclic) bond motifs is 1. The predicted molar refractivity (Wildman–Crippen MR) is 76.7 cm³/mol. The van der Waals surface area contributed by atoms with E-state index >= 15 is 0 Å². The lowest BCUT2D eigenvalue weighted by molar-refractivity contribution is 0.404. The minimum Gasteiger partial charge on any atom is -0.504 e. The molecule has 0 radical (unpaired) electrons. The van der Waals surface area contributed by atoms with Crippen LogP contribution in [-0.4, -0.2) is 19.8 Å². The van der Waals surface area contributed by atoms with E-state index in [-0.39, 0.29) is 17.3 Å². The summed E-state index contributed by atoms with van der Waals surface area (Å²) in [7, 11) is 0. The number of aromatic nitrogens is 2. The van der Waals surface area contributed by atoms with Gasteiger partial charge in [-0.05, 0) is 37.1 Å². The number of halogens is 1. The van der Waals surface area contributed by atoms with Crippen molar-refractivity contribution in [1.82, 2.24) is 9.55 Å². The van der Waals surface area contributed by atoms with Crippen LogP contribution in [0.4, 0.5) is 4.39 Å². The minimum absolute atomic E-state index is 0.187. The molecule has 4 nitrogen and oxygen atoms in total. The van der Waals surface area contributed by atoms with Gasteiger partial charge in [-0.15, -0.1) is 0 Å². The van der Waals surface area contributed by atoms with E-state index in [0.717, 1.165) is 18.4 Å². The number of hydrogen-bond acceptors (Lipinski definition) is 3. The van der Waals surface area contributed by atoms with Gasteiger partial charge in [0.25, 0.3) is 0 Å². The summed E-state index contributed by atoms with van der Waals surface area (Å²) < 4.78 is 15.4. The second kappa shape index (κ2) is 4.22. The van der Waals surface area contributed by atoms with Crippen molar-refractivity contribution in [2.24, 2.45) is 0 Å². The number of imidazole rings is 1. The highest BCUT2D eigenvalue weighted by molar-refractivity contribution is 5.83. The first-order valence-corrected chi connectivity index (χ1v) is 6.84. The van der Waals surface area contributed by atoms with Gasteiger partial charge in [-0.1, -0.05) is 6.07 Å². The molecule has 4 rings (SSSR count). The largest absolute Gasteiger partial charge is 0.504 e. The highest BCUT2D eigenvalue weighted by atomic mass is 19.1. The van der Waals surface area contributed by atoms with E-state index in [1.165, 1.54) is 18.2 Å². The highest BCUT2D eigenvalue weighted by Crippen LogP contribution is 2.44. The van der Waals surface area contributed by atoms with Crippen molar-refractivity contribution in [3.05, 3.63) is 42.2 Å². The molecule has 5 heteroatoms. The molecule has 0 unspecified atom stereocenters. The standard InChI is InChI=1S/C16H13FN2O2/c17-9-4-7-13-12(8-9)18-16(19(13)10-5-6-10)11-2-1-3-14(20)15(11)21/h1-4,7-8,10,20-21H,5-6H2. The third kappa shape index (κ3) is 1.85. The van der Waals surface area contributed by atoms with E-state index < -0.39 is 0 Å². The molecule has 21 heavy (non-hydrogen) atoms. The lowest BCUT2D eigenvalue weighted by Crippen LogP contribution is -1.97. The maximum atomic E-state index is 13.4. The number of para-hydroxylation sites is 1. The quantitative estimate of drug-likeness (QED) is 0.707. The average molecular weight is 284 g/mol. The molecule has 1 aliphatic carbocycles. The summed E-state index contributed by atoms with van der Waals surface area (Å²) in [5, 5.41) is 19.8. The normalized spacial score (nSPS) is 14.7. The Labute approximate surface area is 120 Å². The van der Waals surface area contributed by atoms with Gasteiger partial charge < -0.3 is 14.8 Å². The zero-order valence-corrected chi connectivity index (χ0v) is 11.1. The molecule has 1 heterocycles. The summed E-state index contributed by atoms with van der Waals surface area (Å²) in [6.45, 7) is 0. The fraction of sp³-hybridized carbons (Fsp3) is 0.188. The lowest BCUT2D eigenvalue weighted by atomic mass is 10.1. The Morgan fingerprint density at radius 2 is 1.95 bits per heavy atom. The molecule has 0 saturated heterocycles. The summed E-state index contributed by atoms with van der Waals surface area (Å²) in [4.78, 5) is 4.46. The Morgan fingerprint density at radius 1 is 1.14 bits per heavy atom. The molecular weight excluding hydrogens is 271 g/mol. The van der Waals surface area contributed by atoms with E-state index in [1.807, 2.05) is 4.57 Å². The Morgan fingerprint density at radius 3 is 2.71 bits per heavy atom. The van der Waals surface area contributed by atoms with Gasteiger partial charge in [0.15, 0.2) is 11.5 Å². The Bertz CT molecular complexity index is 853. The summed E-state index contributed by atoms with van der Waals surface area (Å²) in [6.07, 6.45) is 2.07. The van der Waals surface area contributed by atoms with Gasteiger partial charge in [0, 0.05) is 12.1 Å². The van der Waals surface area contributed by atoms with Crippen molar-refractivity contribution in [3.8, 4) is 22.9 Å². The highest BCUT2D eigenvalue weighted by Gasteiger charge is 2.29. The van der Waals surface area contributed by atoms with Gasteiger partial charge in [-0.25, -0.2) is 9.37 Å². The van der Waals surface area contributed by atoms with Gasteiger partial charge in [0.1, 0.15) is 11.6 Å². The Balaban J connectivity index is 2.03. The average Bonchev–Trinajstić information content (AvgIpc) is 3.23. The fourth-order valence-corrected chi connectivity index (χ4v) is 2.68. The second-order valence-corrected chi connectivity index (χ2v) is 5.34. The van der Waals surface area contributed by atoms with Crippen molar-refractivity contribution in [1.29, 1.82) is 0 Å². The number of hydrogen-bond donors (Lipinski definition) is 2. The molecule has 0 amide bonds. The number of benzene rings is 2. The van der Waals surface area contributed by atoms with E-state index in [2.05, 4.69) is 4.98 Å². The van der Waals surface area contributed by atoms with E-state index in [9.17, 15) is 14.6 Å². The molecule has 1 fully saturated rings. The van der Waals surface area contributed by atoms with Gasteiger partial charge in [-0.3, -0.25) is 0 Å². The molecule has 1 aromatic heterocycles. The topological polar surface area (TPSA) is 58.3 Å². The molecule has 0 aliphatic heterocycles. The first kappa shape index (κ1) is 12.2. The number of aromatic hydroxyl groups is 2. The molecule has 0 bridgehead atoms. The fourth-order valence-electron chi connectivity index (χ4n) is 2.68. The zero-order chi connectivity index (χ0) is 14.6. The van der Waals surface area contributed by atoms with Crippen molar-refractivity contribution < 1.29 is 14.6 Å². The molecule has 3 aromatic rings. The first-order chi connectivity index (χ1) is 10.1. The van der Waals surface area contributed by atoms with Crippen molar-refractivity contribution in [2.75, 3.05) is 0 Å². The number of rotatable bonds is 2. The lowest BCUT2D eigenvalue weighted by Gasteiger charge is -2.09. The van der Waals surface area contributed by atoms with Crippen LogP contribution in [0.2, 0.25) is 0 Å². The maximum Gasteiger partial charge on any atom is 0.168 e. The van der Waals surface area contributed by atoms with Crippen LogP contribution in [0, 0.1) is 5.82 Å². The van der Waals surface area contributed by atoms with Crippen LogP contribution >= 0.6 is 0 Å². The second-order valence-electron chi connectivity index (χ2n) is 5.34. The molecular formula is C16H13FN2O2. The molecule has 1 aliphatic rings. The molecule has 106 valence electrons. The van der Waals surface area contributed by atoms with Crippen LogP contribution in [0.1, 0.15) is 18.9 Å².